The number of aromatic nitrogens is 1. The number of hydrogen-bond acceptors (Lipinski definition) is 4. The second-order valence-corrected chi connectivity index (χ2v) is 3.94. The first kappa shape index (κ1) is 13.7. The lowest BCUT2D eigenvalue weighted by Crippen LogP contribution is -2.02. The number of esters is 1. The predicted octanol–water partition coefficient (Wildman–Crippen LogP) is 3.28. The fraction of sp³-hybridized carbons (Fsp3) is 0.0625. The summed E-state index contributed by atoms with van der Waals surface area (Å²) >= 11 is 0. The van der Waals surface area contributed by atoms with Crippen LogP contribution >= 0.6 is 0 Å². The van der Waals surface area contributed by atoms with E-state index in [-0.39, 0.29) is 5.69 Å². The van der Waals surface area contributed by atoms with Gasteiger partial charge in [-0.15, -0.1) is 0 Å². The number of aliphatic imine (C=N–C) groups is 1. The molecule has 0 aliphatic heterocycles. The third-order valence-corrected chi connectivity index (χ3v) is 2.54. The molecule has 0 saturated carbocycles. The molecule has 1 aromatic heterocycles. The van der Waals surface area contributed by atoms with E-state index in [0.717, 1.165) is 5.56 Å². The van der Waals surface area contributed by atoms with E-state index in [1.54, 1.807) is 18.3 Å². The summed E-state index contributed by atoms with van der Waals surface area (Å²) in [7, 11) is 1.32. The number of methoxy groups -OCH3 is 1. The summed E-state index contributed by atoms with van der Waals surface area (Å²) in [6.07, 6.45) is 7.02. The topological polar surface area (TPSA) is 51.5 Å². The van der Waals surface area contributed by atoms with Gasteiger partial charge < -0.3 is 4.74 Å². The van der Waals surface area contributed by atoms with Gasteiger partial charge >= 0.3 is 5.97 Å². The van der Waals surface area contributed by atoms with Crippen LogP contribution < -0.4 is 0 Å². The summed E-state index contributed by atoms with van der Waals surface area (Å²) in [5, 5.41) is 0. The van der Waals surface area contributed by atoms with E-state index in [1.807, 2.05) is 42.5 Å². The molecule has 2 rings (SSSR count). The van der Waals surface area contributed by atoms with Gasteiger partial charge in [-0.1, -0.05) is 36.4 Å². The monoisotopic (exact) mass is 266 g/mol. The second-order valence-electron chi connectivity index (χ2n) is 3.94. The Kier molecular flexibility index (Phi) is 4.78. The Hall–Kier alpha value is -2.75. The molecule has 0 aliphatic rings. The number of carbonyl (C=O) groups is 1. The standard InChI is InChI=1S/C16H14N2O2/c1-20-16(19)15-10-9-14(12-18-15)17-11-5-8-13-6-3-2-4-7-13/h2-12H,1H3. The zero-order valence-electron chi connectivity index (χ0n) is 11.1. The van der Waals surface area contributed by atoms with Gasteiger partial charge in [0.05, 0.1) is 19.0 Å². The number of ether oxygens (including phenoxy) is 1. The van der Waals surface area contributed by atoms with E-state index in [2.05, 4.69) is 14.7 Å². The Labute approximate surface area is 117 Å². The summed E-state index contributed by atoms with van der Waals surface area (Å²) < 4.78 is 4.57. The molecule has 4 nitrogen and oxygen atoms in total. The van der Waals surface area contributed by atoms with Crippen molar-refractivity contribution in [1.82, 2.24) is 4.98 Å². The molecule has 0 atom stereocenters. The maximum Gasteiger partial charge on any atom is 0.356 e. The summed E-state index contributed by atoms with van der Waals surface area (Å²) in [6.45, 7) is 0. The fourth-order valence-corrected chi connectivity index (χ4v) is 1.54. The van der Waals surface area contributed by atoms with Crippen molar-refractivity contribution >= 4 is 23.9 Å². The van der Waals surface area contributed by atoms with Crippen LogP contribution in [0.3, 0.4) is 0 Å². The van der Waals surface area contributed by atoms with Crippen LogP contribution in [-0.4, -0.2) is 24.3 Å². The lowest BCUT2D eigenvalue weighted by molar-refractivity contribution is 0.0594. The van der Waals surface area contributed by atoms with E-state index in [4.69, 9.17) is 0 Å². The third-order valence-electron chi connectivity index (χ3n) is 2.54. The highest BCUT2D eigenvalue weighted by molar-refractivity contribution is 5.87. The fourth-order valence-electron chi connectivity index (χ4n) is 1.54. The summed E-state index contributed by atoms with van der Waals surface area (Å²) in [6, 6.07) is 13.2. The van der Waals surface area contributed by atoms with Crippen LogP contribution in [0.5, 0.6) is 0 Å². The van der Waals surface area contributed by atoms with Gasteiger partial charge in [0.15, 0.2) is 0 Å². The summed E-state index contributed by atoms with van der Waals surface area (Å²) in [5.74, 6) is -0.454. The van der Waals surface area contributed by atoms with Gasteiger partial charge in [0, 0.05) is 6.21 Å². The average molecular weight is 266 g/mol. The minimum absolute atomic E-state index is 0.270. The molecule has 4 heteroatoms. The molecule has 0 aliphatic carbocycles. The summed E-state index contributed by atoms with van der Waals surface area (Å²) in [5.41, 5.74) is 2.06. The smallest absolute Gasteiger partial charge is 0.356 e. The van der Waals surface area contributed by atoms with E-state index >= 15 is 0 Å². The minimum atomic E-state index is -0.454. The van der Waals surface area contributed by atoms with Crippen LogP contribution in [0, 0.1) is 0 Å². The van der Waals surface area contributed by atoms with Crippen LogP contribution in [0.15, 0.2) is 59.7 Å². The van der Waals surface area contributed by atoms with Gasteiger partial charge in [0.25, 0.3) is 0 Å². The first-order chi connectivity index (χ1) is 9.79. The van der Waals surface area contributed by atoms with Gasteiger partial charge in [0.1, 0.15) is 5.69 Å². The predicted molar refractivity (Wildman–Crippen MR) is 79.2 cm³/mol. The van der Waals surface area contributed by atoms with Crippen molar-refractivity contribution in [3.05, 3.63) is 66.0 Å². The molecule has 1 heterocycles. The Morgan fingerprint density at radius 3 is 2.65 bits per heavy atom. The highest BCUT2D eigenvalue weighted by Crippen LogP contribution is 2.10. The second kappa shape index (κ2) is 6.99. The number of hydrogen-bond donors (Lipinski definition) is 0. The van der Waals surface area contributed by atoms with Crippen LogP contribution in [-0.2, 0) is 4.74 Å². The Morgan fingerprint density at radius 2 is 2.00 bits per heavy atom. The molecule has 0 bridgehead atoms. The van der Waals surface area contributed by atoms with Crippen LogP contribution in [0.2, 0.25) is 0 Å². The number of pyridine rings is 1. The van der Waals surface area contributed by atoms with Crippen LogP contribution in [0.4, 0.5) is 5.69 Å². The first-order valence-corrected chi connectivity index (χ1v) is 6.10. The molecule has 0 saturated heterocycles. The molecular weight excluding hydrogens is 252 g/mol. The van der Waals surface area contributed by atoms with Gasteiger partial charge in [0.2, 0.25) is 0 Å². The molecular formula is C16H14N2O2. The lowest BCUT2D eigenvalue weighted by atomic mass is 10.2. The molecule has 2 aromatic rings. The molecule has 0 amide bonds. The Balaban J connectivity index is 1.98. The number of allylic oxidation sites excluding steroid dienone is 1. The molecule has 0 radical (unpaired) electrons. The largest absolute Gasteiger partial charge is 0.464 e. The van der Waals surface area contributed by atoms with Crippen molar-refractivity contribution in [1.29, 1.82) is 0 Å². The highest BCUT2D eigenvalue weighted by atomic mass is 16.5. The van der Waals surface area contributed by atoms with Gasteiger partial charge in [-0.25, -0.2) is 9.78 Å². The van der Waals surface area contributed by atoms with Crippen LogP contribution in [0.1, 0.15) is 16.1 Å². The van der Waals surface area contributed by atoms with Crippen molar-refractivity contribution in [2.45, 2.75) is 0 Å². The first-order valence-electron chi connectivity index (χ1n) is 6.10. The number of nitrogens with zero attached hydrogens (tertiary/aromatic N) is 2. The van der Waals surface area contributed by atoms with E-state index in [1.165, 1.54) is 13.3 Å². The molecule has 20 heavy (non-hydrogen) atoms. The van der Waals surface area contributed by atoms with E-state index < -0.39 is 5.97 Å². The highest BCUT2D eigenvalue weighted by Gasteiger charge is 2.05. The average Bonchev–Trinajstić information content (AvgIpc) is 2.52. The van der Waals surface area contributed by atoms with Gasteiger partial charge in [-0.05, 0) is 23.8 Å². The normalized spacial score (nSPS) is 11.1. The SMILES string of the molecule is COC(=O)c1ccc(N=CC=Cc2ccccc2)cn1. The molecule has 0 unspecified atom stereocenters. The van der Waals surface area contributed by atoms with E-state index in [9.17, 15) is 4.79 Å². The number of benzene rings is 1. The zero-order valence-corrected chi connectivity index (χ0v) is 11.1. The molecule has 0 spiro atoms. The molecule has 100 valence electrons. The number of rotatable bonds is 4. The van der Waals surface area contributed by atoms with Crippen molar-refractivity contribution < 1.29 is 9.53 Å². The lowest BCUT2D eigenvalue weighted by Gasteiger charge is -1.97. The molecule has 1 aromatic carbocycles. The maximum absolute atomic E-state index is 11.2. The minimum Gasteiger partial charge on any atom is -0.464 e. The van der Waals surface area contributed by atoms with Crippen molar-refractivity contribution in [3.8, 4) is 0 Å². The summed E-state index contributed by atoms with van der Waals surface area (Å²) in [4.78, 5) is 19.4. The van der Waals surface area contributed by atoms with E-state index in [0.29, 0.717) is 5.69 Å². The van der Waals surface area contributed by atoms with Crippen molar-refractivity contribution in [2.75, 3.05) is 7.11 Å². The van der Waals surface area contributed by atoms with Crippen molar-refractivity contribution in [3.63, 3.8) is 0 Å². The zero-order chi connectivity index (χ0) is 14.2. The molecule has 0 fully saturated rings. The quantitative estimate of drug-likeness (QED) is 0.630. The third kappa shape index (κ3) is 3.88. The number of carbonyl (C=O) groups excluding carboxylic acids is 1. The maximum atomic E-state index is 11.2. The van der Waals surface area contributed by atoms with Crippen molar-refractivity contribution in [2.24, 2.45) is 4.99 Å². The molecule has 0 N–H and O–H groups in total. The Bertz CT molecular complexity index is 617. The van der Waals surface area contributed by atoms with Gasteiger partial charge in [-0.2, -0.15) is 0 Å². The van der Waals surface area contributed by atoms with Crippen LogP contribution in [0.25, 0.3) is 6.08 Å². The Morgan fingerprint density at radius 1 is 1.20 bits per heavy atom. The van der Waals surface area contributed by atoms with Gasteiger partial charge in [-0.3, -0.25) is 4.99 Å².